The smallest absolute Gasteiger partial charge is 0.205 e. The van der Waals surface area contributed by atoms with Gasteiger partial charge < -0.3 is 9.57 Å². The first kappa shape index (κ1) is 7.64. The third kappa shape index (κ3) is 0.898. The van der Waals surface area contributed by atoms with Gasteiger partial charge in [0.1, 0.15) is 17.9 Å². The number of amidine groups is 1. The summed E-state index contributed by atoms with van der Waals surface area (Å²) < 4.78 is 5.46. The van der Waals surface area contributed by atoms with E-state index in [1.165, 1.54) is 0 Å². The lowest BCUT2D eigenvalue weighted by Gasteiger charge is -2.06. The molecule has 2 aliphatic rings. The molecule has 0 amide bonds. The number of nitrogens with zero attached hydrogens (tertiary/aromatic N) is 2. The Bertz CT molecular complexity index is 417. The summed E-state index contributed by atoms with van der Waals surface area (Å²) in [6.07, 6.45) is 0. The van der Waals surface area contributed by atoms with Crippen molar-refractivity contribution in [3.05, 3.63) is 23.8 Å². The SMILES string of the molecule is ON1Oc2cccc3c2C1=NCCO3. The predicted octanol–water partition coefficient (Wildman–Crippen LogP) is 0.824. The van der Waals surface area contributed by atoms with Crippen molar-refractivity contribution >= 4 is 5.84 Å². The maximum absolute atomic E-state index is 9.42. The van der Waals surface area contributed by atoms with Gasteiger partial charge in [0, 0.05) is 0 Å². The van der Waals surface area contributed by atoms with Crippen LogP contribution in [-0.2, 0) is 0 Å². The fourth-order valence-electron chi connectivity index (χ4n) is 1.61. The molecule has 0 radical (unpaired) electrons. The third-order valence-corrected chi connectivity index (χ3v) is 2.19. The van der Waals surface area contributed by atoms with Crippen LogP contribution in [0.25, 0.3) is 0 Å². The quantitative estimate of drug-likeness (QED) is 0.661. The first-order valence-corrected chi connectivity index (χ1v) is 4.34. The number of benzene rings is 1. The highest BCUT2D eigenvalue weighted by molar-refractivity contribution is 6.04. The molecule has 5 heteroatoms. The molecule has 14 heavy (non-hydrogen) atoms. The lowest BCUT2D eigenvalue weighted by atomic mass is 10.2. The summed E-state index contributed by atoms with van der Waals surface area (Å²) in [5.74, 6) is 1.70. The Hall–Kier alpha value is -1.75. The van der Waals surface area contributed by atoms with Gasteiger partial charge in [0.2, 0.25) is 5.84 Å². The molecule has 72 valence electrons. The van der Waals surface area contributed by atoms with E-state index >= 15 is 0 Å². The highest BCUT2D eigenvalue weighted by atomic mass is 16.9. The van der Waals surface area contributed by atoms with Crippen LogP contribution in [0.15, 0.2) is 23.2 Å². The Morgan fingerprint density at radius 2 is 2.21 bits per heavy atom. The van der Waals surface area contributed by atoms with E-state index in [0.717, 1.165) is 5.56 Å². The van der Waals surface area contributed by atoms with E-state index < -0.39 is 0 Å². The first-order chi connectivity index (χ1) is 6.86. The van der Waals surface area contributed by atoms with Crippen molar-refractivity contribution in [2.24, 2.45) is 4.99 Å². The molecule has 2 heterocycles. The zero-order chi connectivity index (χ0) is 9.54. The van der Waals surface area contributed by atoms with E-state index in [0.29, 0.717) is 35.7 Å². The van der Waals surface area contributed by atoms with Crippen molar-refractivity contribution in [1.82, 2.24) is 5.23 Å². The topological polar surface area (TPSA) is 54.3 Å². The first-order valence-electron chi connectivity index (χ1n) is 4.34. The number of hydrogen-bond acceptors (Lipinski definition) is 5. The van der Waals surface area contributed by atoms with Gasteiger partial charge in [-0.3, -0.25) is 10.2 Å². The van der Waals surface area contributed by atoms with Gasteiger partial charge in [-0.15, -0.1) is 0 Å². The zero-order valence-electron chi connectivity index (χ0n) is 7.30. The number of aliphatic imine (C=N–C) groups is 1. The summed E-state index contributed by atoms with van der Waals surface area (Å²) in [6, 6.07) is 5.41. The second-order valence-corrected chi connectivity index (χ2v) is 3.05. The fourth-order valence-corrected chi connectivity index (χ4v) is 1.61. The van der Waals surface area contributed by atoms with Crippen LogP contribution in [0.1, 0.15) is 5.56 Å². The fraction of sp³-hybridized carbons (Fsp3) is 0.222. The average molecular weight is 192 g/mol. The van der Waals surface area contributed by atoms with Crippen molar-refractivity contribution < 1.29 is 14.8 Å². The minimum atomic E-state index is 0.424. The van der Waals surface area contributed by atoms with E-state index in [-0.39, 0.29) is 0 Å². The molecule has 5 nitrogen and oxygen atoms in total. The number of hydroxylamine groups is 2. The molecular weight excluding hydrogens is 184 g/mol. The van der Waals surface area contributed by atoms with Gasteiger partial charge in [0.05, 0.1) is 6.54 Å². The Morgan fingerprint density at radius 3 is 3.14 bits per heavy atom. The Labute approximate surface area is 80.1 Å². The molecule has 0 saturated carbocycles. The summed E-state index contributed by atoms with van der Waals surface area (Å²) in [6.45, 7) is 1.04. The Kier molecular flexibility index (Phi) is 1.43. The van der Waals surface area contributed by atoms with Crippen molar-refractivity contribution in [2.75, 3.05) is 13.2 Å². The largest absolute Gasteiger partial charge is 0.491 e. The molecular formula is C9H8N2O3. The summed E-state index contributed by atoms with van der Waals surface area (Å²) in [5, 5.41) is 10.1. The van der Waals surface area contributed by atoms with Gasteiger partial charge >= 0.3 is 0 Å². The van der Waals surface area contributed by atoms with Gasteiger partial charge in [-0.05, 0) is 12.1 Å². The molecule has 0 saturated heterocycles. The third-order valence-electron chi connectivity index (χ3n) is 2.19. The van der Waals surface area contributed by atoms with Crippen LogP contribution in [0.5, 0.6) is 11.5 Å². The average Bonchev–Trinajstić information content (AvgIpc) is 2.39. The van der Waals surface area contributed by atoms with Crippen LogP contribution < -0.4 is 9.57 Å². The van der Waals surface area contributed by atoms with Crippen LogP contribution in [-0.4, -0.2) is 29.4 Å². The van der Waals surface area contributed by atoms with E-state index in [4.69, 9.17) is 9.57 Å². The second-order valence-electron chi connectivity index (χ2n) is 3.05. The van der Waals surface area contributed by atoms with Crippen LogP contribution >= 0.6 is 0 Å². The van der Waals surface area contributed by atoms with Gasteiger partial charge in [0.15, 0.2) is 5.75 Å². The Morgan fingerprint density at radius 1 is 1.36 bits per heavy atom. The van der Waals surface area contributed by atoms with Crippen molar-refractivity contribution in [3.8, 4) is 11.5 Å². The summed E-state index contributed by atoms with van der Waals surface area (Å²) in [4.78, 5) is 9.22. The molecule has 3 rings (SSSR count). The molecule has 0 unspecified atom stereocenters. The van der Waals surface area contributed by atoms with E-state index in [1.54, 1.807) is 6.07 Å². The van der Waals surface area contributed by atoms with Crippen molar-refractivity contribution in [1.29, 1.82) is 0 Å². The van der Waals surface area contributed by atoms with E-state index in [9.17, 15) is 5.21 Å². The Balaban J connectivity index is 2.26. The molecule has 2 aliphatic heterocycles. The van der Waals surface area contributed by atoms with Gasteiger partial charge in [0.25, 0.3) is 0 Å². The highest BCUT2D eigenvalue weighted by Crippen LogP contribution is 2.35. The summed E-state index contributed by atoms with van der Waals surface area (Å²) >= 11 is 0. The number of hydrogen-bond donors (Lipinski definition) is 1. The molecule has 0 aliphatic carbocycles. The number of rotatable bonds is 0. The van der Waals surface area contributed by atoms with Gasteiger partial charge in [-0.2, -0.15) is 0 Å². The normalized spacial score (nSPS) is 17.8. The molecule has 1 aromatic rings. The van der Waals surface area contributed by atoms with Crippen LogP contribution in [0.2, 0.25) is 0 Å². The zero-order valence-corrected chi connectivity index (χ0v) is 7.30. The predicted molar refractivity (Wildman–Crippen MR) is 47.6 cm³/mol. The van der Waals surface area contributed by atoms with Gasteiger partial charge in [-0.1, -0.05) is 11.3 Å². The number of ether oxygens (including phenoxy) is 1. The van der Waals surface area contributed by atoms with Gasteiger partial charge in [-0.25, -0.2) is 0 Å². The highest BCUT2D eigenvalue weighted by Gasteiger charge is 2.31. The van der Waals surface area contributed by atoms with Crippen LogP contribution in [0, 0.1) is 0 Å². The molecule has 0 fully saturated rings. The lowest BCUT2D eigenvalue weighted by Crippen LogP contribution is -2.24. The van der Waals surface area contributed by atoms with Crippen LogP contribution in [0.4, 0.5) is 0 Å². The molecule has 1 aromatic carbocycles. The standard InChI is InChI=1S/C9H8N2O3/c12-11-9-8-6(13-5-4-10-9)2-1-3-7(8)14-11/h1-3,12H,4-5H2. The molecule has 1 N–H and O–H groups in total. The van der Waals surface area contributed by atoms with Crippen molar-refractivity contribution in [3.63, 3.8) is 0 Å². The maximum Gasteiger partial charge on any atom is 0.205 e. The minimum absolute atomic E-state index is 0.424. The van der Waals surface area contributed by atoms with E-state index in [2.05, 4.69) is 4.99 Å². The lowest BCUT2D eigenvalue weighted by molar-refractivity contribution is -0.210. The maximum atomic E-state index is 9.42. The van der Waals surface area contributed by atoms with Crippen molar-refractivity contribution in [2.45, 2.75) is 0 Å². The second kappa shape index (κ2) is 2.62. The molecule has 0 spiro atoms. The molecule has 0 bridgehead atoms. The molecule has 0 atom stereocenters. The van der Waals surface area contributed by atoms with Crippen LogP contribution in [0.3, 0.4) is 0 Å². The minimum Gasteiger partial charge on any atom is -0.491 e. The summed E-state index contributed by atoms with van der Waals surface area (Å²) in [5.41, 5.74) is 0.729. The molecule has 0 aromatic heterocycles. The van der Waals surface area contributed by atoms with E-state index in [1.807, 2.05) is 12.1 Å². The summed E-state index contributed by atoms with van der Waals surface area (Å²) in [7, 11) is 0. The monoisotopic (exact) mass is 192 g/mol.